The highest BCUT2D eigenvalue weighted by Gasteiger charge is 2.51. The van der Waals surface area contributed by atoms with Gasteiger partial charge in [0.15, 0.2) is 15.7 Å². The smallest absolute Gasteiger partial charge is 0.399 e. The lowest BCUT2D eigenvalue weighted by molar-refractivity contribution is 0.00578. The first-order valence-corrected chi connectivity index (χ1v) is 26.3. The number of aromatic amines is 2. The number of aromatic nitrogens is 8. The van der Waals surface area contributed by atoms with Crippen LogP contribution in [0.4, 0.5) is 8.78 Å². The van der Waals surface area contributed by atoms with Gasteiger partial charge < -0.3 is 19.3 Å². The Bertz CT molecular complexity index is 3730. The second-order valence-electron chi connectivity index (χ2n) is 18.5. The van der Waals surface area contributed by atoms with Crippen LogP contribution in [-0.2, 0) is 31.3 Å². The Morgan fingerprint density at radius 3 is 1.72 bits per heavy atom. The van der Waals surface area contributed by atoms with E-state index in [9.17, 15) is 12.8 Å². The number of allylic oxidation sites excluding steroid dienone is 1. The van der Waals surface area contributed by atoms with Crippen LogP contribution in [0.1, 0.15) is 52.7 Å². The molecule has 10 aromatic rings. The van der Waals surface area contributed by atoms with Crippen molar-refractivity contribution in [2.45, 2.75) is 64.9 Å². The number of fused-ring (bicyclic) bond motifs is 6. The van der Waals surface area contributed by atoms with E-state index in [1.807, 2.05) is 129 Å². The van der Waals surface area contributed by atoms with Crippen molar-refractivity contribution in [3.05, 3.63) is 186 Å². The van der Waals surface area contributed by atoms with Gasteiger partial charge in [-0.25, -0.2) is 27.2 Å². The molecule has 8 aromatic heterocycles. The third-order valence-corrected chi connectivity index (χ3v) is 15.5. The first-order chi connectivity index (χ1) is 35.0. The van der Waals surface area contributed by atoms with Gasteiger partial charge in [-0.3, -0.25) is 19.9 Å². The van der Waals surface area contributed by atoms with E-state index in [2.05, 4.69) is 53.0 Å². The molecule has 9 heterocycles. The second kappa shape index (κ2) is 22.2. The number of benzene rings is 2. The van der Waals surface area contributed by atoms with Gasteiger partial charge >= 0.3 is 7.12 Å². The fourth-order valence-corrected chi connectivity index (χ4v) is 10.3. The molecule has 0 saturated carbocycles. The Kier molecular flexibility index (Phi) is 16.0. The highest BCUT2D eigenvalue weighted by Crippen LogP contribution is 2.38. The summed E-state index contributed by atoms with van der Waals surface area (Å²) in [5, 5.41) is 3.35. The van der Waals surface area contributed by atoms with E-state index in [1.165, 1.54) is 24.0 Å². The largest absolute Gasteiger partial charge is 0.494 e. The highest BCUT2D eigenvalue weighted by molar-refractivity contribution is 14.1. The van der Waals surface area contributed by atoms with Gasteiger partial charge in [-0.1, -0.05) is 68.1 Å². The van der Waals surface area contributed by atoms with E-state index < -0.39 is 17.0 Å². The number of aryl methyl sites for hydroxylation is 1. The normalized spacial score (nSPS) is 13.7. The van der Waals surface area contributed by atoms with Crippen molar-refractivity contribution in [3.8, 4) is 33.6 Å². The van der Waals surface area contributed by atoms with E-state index in [0.29, 0.717) is 20.4 Å². The number of hydrogen-bond donors (Lipinski definition) is 2. The molecular weight excluding hydrogens is 1070 g/mol. The van der Waals surface area contributed by atoms with E-state index in [-0.39, 0.29) is 41.8 Å². The molecule has 17 heteroatoms. The Hall–Kier alpha value is -7.06. The third kappa shape index (κ3) is 11.4. The number of pyridine rings is 6. The topological polar surface area (TPSA) is 162 Å². The van der Waals surface area contributed by atoms with Gasteiger partial charge in [0.2, 0.25) is 0 Å². The van der Waals surface area contributed by atoms with Crippen LogP contribution in [0.2, 0.25) is 0 Å². The van der Waals surface area contributed by atoms with Crippen LogP contribution in [0.25, 0.3) is 77.5 Å². The van der Waals surface area contributed by atoms with Crippen molar-refractivity contribution in [2.24, 2.45) is 0 Å². The summed E-state index contributed by atoms with van der Waals surface area (Å²) in [5.74, 6) is -0.653. The number of nitrogens with one attached hydrogen (secondary N) is 2. The predicted octanol–water partition coefficient (Wildman–Crippen LogP) is 12.7. The van der Waals surface area contributed by atoms with Crippen LogP contribution in [0, 0.1) is 15.2 Å². The fourth-order valence-electron chi connectivity index (χ4n) is 8.41. The minimum atomic E-state index is -3.13. The Labute approximate surface area is 443 Å². The number of sulfone groups is 1. The Morgan fingerprint density at radius 2 is 1.19 bits per heavy atom. The molecule has 0 bridgehead atoms. The molecule has 376 valence electrons. The standard InChI is InChI=1S/C25H19FN4.C16H23BO4S.C15H8FIN4.CH4/c1-2-3-5-16-7-9-17(10-8-16)23-20(26)14-29-25-24(23)19-12-21(28-15-22(19)30-25)18-6-4-11-27-13-18;1-6-11-22(18,19)12-13-7-9-14(10-8-13)17-20-15(2,3)16(4,5)21-17;16-10-6-20-15-13(14(10)17)9-4-11(19-7-12(9)21-15)8-2-1-3-18-5-8;/h2,4,6-15H,1,3,5H2,(H,29,30);6-10H,1,11-12H2,2-5H3;1-7H,(H,20,21);1H4. The van der Waals surface area contributed by atoms with Crippen molar-refractivity contribution in [3.63, 3.8) is 0 Å². The molecule has 2 aromatic carbocycles. The maximum Gasteiger partial charge on any atom is 0.494 e. The first-order valence-electron chi connectivity index (χ1n) is 23.4. The zero-order valence-electron chi connectivity index (χ0n) is 40.5. The number of nitrogens with zero attached hydrogens (tertiary/aromatic N) is 6. The van der Waals surface area contributed by atoms with Crippen LogP contribution in [0.3, 0.4) is 0 Å². The zero-order valence-corrected chi connectivity index (χ0v) is 43.5. The minimum Gasteiger partial charge on any atom is -0.399 e. The number of hydrogen-bond acceptors (Lipinski definition) is 10. The molecule has 1 aliphatic heterocycles. The quantitative estimate of drug-likeness (QED) is 0.0724. The maximum atomic E-state index is 15.0. The maximum absolute atomic E-state index is 15.0. The first kappa shape index (κ1) is 53.2. The van der Waals surface area contributed by atoms with E-state index in [1.54, 1.807) is 49.3 Å². The summed E-state index contributed by atoms with van der Waals surface area (Å²) in [4.78, 5) is 32.1. The van der Waals surface area contributed by atoms with Gasteiger partial charge in [0.05, 0.1) is 73.5 Å². The minimum absolute atomic E-state index is 0. The highest BCUT2D eigenvalue weighted by atomic mass is 127. The molecule has 11 rings (SSSR count). The molecule has 0 spiro atoms. The summed E-state index contributed by atoms with van der Waals surface area (Å²) in [6.45, 7) is 15.3. The lowest BCUT2D eigenvalue weighted by Gasteiger charge is -2.32. The summed E-state index contributed by atoms with van der Waals surface area (Å²) < 4.78 is 64.9. The molecule has 1 saturated heterocycles. The molecule has 0 aliphatic carbocycles. The molecule has 0 radical (unpaired) electrons. The monoisotopic (exact) mass is 1120 g/mol. The van der Waals surface area contributed by atoms with Crippen molar-refractivity contribution in [1.29, 1.82) is 0 Å². The number of H-pyrrole nitrogens is 2. The number of halogens is 3. The van der Waals surface area contributed by atoms with Crippen molar-refractivity contribution < 1.29 is 26.5 Å². The van der Waals surface area contributed by atoms with E-state index in [4.69, 9.17) is 9.31 Å². The lowest BCUT2D eigenvalue weighted by Crippen LogP contribution is -2.41. The molecule has 1 aliphatic rings. The van der Waals surface area contributed by atoms with Crippen molar-refractivity contribution in [1.82, 2.24) is 39.9 Å². The fraction of sp³-hybridized carbons (Fsp3) is 0.193. The van der Waals surface area contributed by atoms with Crippen LogP contribution in [-0.4, -0.2) is 72.4 Å². The molecule has 74 heavy (non-hydrogen) atoms. The van der Waals surface area contributed by atoms with Crippen LogP contribution < -0.4 is 5.46 Å². The van der Waals surface area contributed by atoms with Gasteiger partial charge in [-0.05, 0) is 122 Å². The van der Waals surface area contributed by atoms with Gasteiger partial charge in [0, 0.05) is 63.0 Å². The molecule has 0 atom stereocenters. The summed E-state index contributed by atoms with van der Waals surface area (Å²) in [5.41, 5.74) is 9.83. The summed E-state index contributed by atoms with van der Waals surface area (Å²) >= 11 is 2.01. The average molecular weight is 1120 g/mol. The summed E-state index contributed by atoms with van der Waals surface area (Å²) in [7, 11) is -3.56. The average Bonchev–Trinajstić information content (AvgIpc) is 4.02. The van der Waals surface area contributed by atoms with Crippen LogP contribution >= 0.6 is 22.6 Å². The van der Waals surface area contributed by atoms with Gasteiger partial charge in [-0.2, -0.15) is 0 Å². The molecule has 1 fully saturated rings. The lowest BCUT2D eigenvalue weighted by atomic mass is 9.79. The Balaban J connectivity index is 0.000000150. The third-order valence-electron chi connectivity index (χ3n) is 12.9. The van der Waals surface area contributed by atoms with Crippen LogP contribution in [0.5, 0.6) is 0 Å². The zero-order chi connectivity index (χ0) is 51.5. The Morgan fingerprint density at radius 1 is 0.662 bits per heavy atom. The predicted molar refractivity (Wildman–Crippen MR) is 302 cm³/mol. The van der Waals surface area contributed by atoms with Crippen molar-refractivity contribution in [2.75, 3.05) is 5.75 Å². The molecule has 12 nitrogen and oxygen atoms in total. The van der Waals surface area contributed by atoms with Gasteiger partial charge in [-0.15, -0.1) is 13.2 Å². The second-order valence-corrected chi connectivity index (χ2v) is 21.7. The molecular formula is C57H54BF2IN8O4S. The number of rotatable bonds is 11. The van der Waals surface area contributed by atoms with E-state index >= 15 is 4.39 Å². The molecule has 2 N–H and O–H groups in total. The van der Waals surface area contributed by atoms with Crippen molar-refractivity contribution >= 4 is 88.9 Å². The van der Waals surface area contributed by atoms with Crippen LogP contribution in [0.15, 0.2) is 160 Å². The molecule has 0 amide bonds. The van der Waals surface area contributed by atoms with Gasteiger partial charge in [0.1, 0.15) is 17.1 Å². The molecule has 0 unspecified atom stereocenters. The summed E-state index contributed by atoms with van der Waals surface area (Å²) in [6, 6.07) is 26.9. The van der Waals surface area contributed by atoms with Gasteiger partial charge in [0.25, 0.3) is 0 Å². The SMILES string of the molecule is C.C=CCCc1ccc(-c2c(F)cnc3[nH]c4cnc(-c5cccnc5)cc4c23)cc1.C=CCS(=O)(=O)Cc1ccc(B2OC(C)(C)C(C)(C)O2)cc1.Fc1cnc2[nH]c3cnc(-c4cccnc4)cc3c2c1I. The summed E-state index contributed by atoms with van der Waals surface area (Å²) in [6.07, 6.45) is 18.1. The van der Waals surface area contributed by atoms with E-state index in [0.717, 1.165) is 84.5 Å².